The molecule has 0 bridgehead atoms. The van der Waals surface area contributed by atoms with Crippen molar-refractivity contribution in [3.8, 4) is 0 Å². The average molecular weight is 493 g/mol. The lowest BCUT2D eigenvalue weighted by Crippen LogP contribution is -2.40. The van der Waals surface area contributed by atoms with E-state index in [-0.39, 0.29) is 29.9 Å². The Balaban J connectivity index is 0.00000312. The van der Waals surface area contributed by atoms with Crippen molar-refractivity contribution >= 4 is 53.1 Å². The summed E-state index contributed by atoms with van der Waals surface area (Å²) in [4.78, 5) is 8.54. The summed E-state index contributed by atoms with van der Waals surface area (Å²) in [5, 5.41) is 7.98. The van der Waals surface area contributed by atoms with Crippen LogP contribution in [0.5, 0.6) is 0 Å². The van der Waals surface area contributed by atoms with Gasteiger partial charge in [0.15, 0.2) is 5.96 Å². The quantitative estimate of drug-likeness (QED) is 0.354. The van der Waals surface area contributed by atoms with E-state index in [4.69, 9.17) is 23.2 Å². The molecular formula is C18H23Cl2IN4. The standard InChI is InChI=1S/C18H22Cl2N4.HI/c1-13(17-15(19)7-5-8-16(17)20)12-24-18(21-2)23-11-9-14-6-3-4-10-22-14;/h3-8,10,13H,9,11-12H2,1-2H3,(H2,21,23,24);1H. The Morgan fingerprint density at radius 2 is 1.84 bits per heavy atom. The molecule has 1 aromatic heterocycles. The van der Waals surface area contributed by atoms with E-state index in [0.717, 1.165) is 30.2 Å². The van der Waals surface area contributed by atoms with Gasteiger partial charge in [0.25, 0.3) is 0 Å². The average Bonchev–Trinajstić information content (AvgIpc) is 2.58. The van der Waals surface area contributed by atoms with Gasteiger partial charge in [-0.15, -0.1) is 24.0 Å². The van der Waals surface area contributed by atoms with Crippen LogP contribution in [0.3, 0.4) is 0 Å². The summed E-state index contributed by atoms with van der Waals surface area (Å²) in [6.07, 6.45) is 2.64. The predicted octanol–water partition coefficient (Wildman–Crippen LogP) is 4.52. The molecule has 1 aromatic carbocycles. The summed E-state index contributed by atoms with van der Waals surface area (Å²) < 4.78 is 0. The molecule has 1 heterocycles. The van der Waals surface area contributed by atoms with E-state index >= 15 is 0 Å². The van der Waals surface area contributed by atoms with Crippen molar-refractivity contribution in [3.05, 3.63) is 63.9 Å². The number of aromatic nitrogens is 1. The molecule has 4 nitrogen and oxygen atoms in total. The Kier molecular flexibility index (Phi) is 10.2. The van der Waals surface area contributed by atoms with Crippen LogP contribution in [-0.2, 0) is 6.42 Å². The van der Waals surface area contributed by atoms with E-state index in [1.165, 1.54) is 0 Å². The highest BCUT2D eigenvalue weighted by atomic mass is 127. The highest BCUT2D eigenvalue weighted by Gasteiger charge is 2.14. The first-order valence-electron chi connectivity index (χ1n) is 7.90. The lowest BCUT2D eigenvalue weighted by atomic mass is 10.0. The van der Waals surface area contributed by atoms with Crippen molar-refractivity contribution in [1.82, 2.24) is 15.6 Å². The molecule has 0 fully saturated rings. The minimum absolute atomic E-state index is 0. The van der Waals surface area contributed by atoms with E-state index in [0.29, 0.717) is 16.6 Å². The Morgan fingerprint density at radius 3 is 2.44 bits per heavy atom. The Hall–Kier alpha value is -1.05. The SMILES string of the molecule is CN=C(NCCc1ccccn1)NCC(C)c1c(Cl)cccc1Cl.I. The number of benzene rings is 1. The van der Waals surface area contributed by atoms with E-state index < -0.39 is 0 Å². The van der Waals surface area contributed by atoms with Gasteiger partial charge in [0.2, 0.25) is 0 Å². The molecule has 2 rings (SSSR count). The molecular weight excluding hydrogens is 470 g/mol. The number of hydrogen-bond donors (Lipinski definition) is 2. The predicted molar refractivity (Wildman–Crippen MR) is 118 cm³/mol. The largest absolute Gasteiger partial charge is 0.356 e. The molecule has 0 spiro atoms. The molecule has 0 radical (unpaired) electrons. The molecule has 2 N–H and O–H groups in total. The van der Waals surface area contributed by atoms with Gasteiger partial charge >= 0.3 is 0 Å². The monoisotopic (exact) mass is 492 g/mol. The van der Waals surface area contributed by atoms with Crippen molar-refractivity contribution in [2.75, 3.05) is 20.1 Å². The van der Waals surface area contributed by atoms with E-state index in [1.807, 2.05) is 36.4 Å². The third-order valence-electron chi connectivity index (χ3n) is 3.69. The number of hydrogen-bond acceptors (Lipinski definition) is 2. The van der Waals surface area contributed by atoms with E-state index in [1.54, 1.807) is 13.2 Å². The molecule has 1 unspecified atom stereocenters. The normalized spacial score (nSPS) is 12.2. The maximum atomic E-state index is 6.26. The van der Waals surface area contributed by atoms with Crippen LogP contribution in [0.4, 0.5) is 0 Å². The van der Waals surface area contributed by atoms with E-state index in [9.17, 15) is 0 Å². The highest BCUT2D eigenvalue weighted by molar-refractivity contribution is 14.0. The summed E-state index contributed by atoms with van der Waals surface area (Å²) >= 11 is 12.5. The van der Waals surface area contributed by atoms with Crippen molar-refractivity contribution in [1.29, 1.82) is 0 Å². The third kappa shape index (κ3) is 6.99. The fraction of sp³-hybridized carbons (Fsp3) is 0.333. The molecule has 0 saturated carbocycles. The number of nitrogens with one attached hydrogen (secondary N) is 2. The first kappa shape index (κ1) is 22.0. The second-order valence-corrected chi connectivity index (χ2v) is 6.30. The number of halogens is 3. The molecule has 7 heteroatoms. The van der Waals surface area contributed by atoms with Crippen LogP contribution < -0.4 is 10.6 Å². The lowest BCUT2D eigenvalue weighted by molar-refractivity contribution is 0.697. The van der Waals surface area contributed by atoms with Gasteiger partial charge < -0.3 is 10.6 Å². The second-order valence-electron chi connectivity index (χ2n) is 5.49. The van der Waals surface area contributed by atoms with Gasteiger partial charge in [0, 0.05) is 54.4 Å². The summed E-state index contributed by atoms with van der Waals surface area (Å²) in [6.45, 7) is 3.53. The van der Waals surface area contributed by atoms with E-state index in [2.05, 4.69) is 27.5 Å². The third-order valence-corrected chi connectivity index (χ3v) is 4.35. The molecule has 0 amide bonds. The number of rotatable bonds is 6. The summed E-state index contributed by atoms with van der Waals surface area (Å²) in [5.74, 6) is 0.918. The maximum absolute atomic E-state index is 6.26. The van der Waals surface area contributed by atoms with Crippen LogP contribution in [0.25, 0.3) is 0 Å². The fourth-order valence-corrected chi connectivity index (χ4v) is 3.18. The van der Waals surface area contributed by atoms with Gasteiger partial charge in [-0.3, -0.25) is 9.98 Å². The zero-order chi connectivity index (χ0) is 17.4. The Labute approximate surface area is 176 Å². The first-order valence-corrected chi connectivity index (χ1v) is 8.65. The number of guanidine groups is 1. The Bertz CT molecular complexity index is 660. The topological polar surface area (TPSA) is 49.3 Å². The minimum Gasteiger partial charge on any atom is -0.356 e. The summed E-state index contributed by atoms with van der Waals surface area (Å²) in [6, 6.07) is 11.5. The number of nitrogens with zero attached hydrogens (tertiary/aromatic N) is 2. The minimum atomic E-state index is 0. The van der Waals surface area contributed by atoms with Crippen molar-refractivity contribution < 1.29 is 0 Å². The molecule has 25 heavy (non-hydrogen) atoms. The molecule has 1 atom stereocenters. The molecule has 0 aliphatic heterocycles. The fourth-order valence-electron chi connectivity index (χ4n) is 2.41. The van der Waals surface area contributed by atoms with Crippen molar-refractivity contribution in [2.45, 2.75) is 19.3 Å². The van der Waals surface area contributed by atoms with Gasteiger partial charge in [-0.1, -0.05) is 42.3 Å². The molecule has 2 aromatic rings. The van der Waals surface area contributed by atoms with Crippen molar-refractivity contribution in [3.63, 3.8) is 0 Å². The molecule has 0 aliphatic rings. The first-order chi connectivity index (χ1) is 11.6. The second kappa shape index (κ2) is 11.5. The van der Waals surface area contributed by atoms with Crippen LogP contribution in [0.15, 0.2) is 47.6 Å². The van der Waals surface area contributed by atoms with Crippen molar-refractivity contribution in [2.24, 2.45) is 4.99 Å². The van der Waals surface area contributed by atoms with Crippen LogP contribution in [0.2, 0.25) is 10.0 Å². The van der Waals surface area contributed by atoms with Gasteiger partial charge in [0.1, 0.15) is 0 Å². The molecule has 0 aliphatic carbocycles. The van der Waals surface area contributed by atoms with Gasteiger partial charge in [-0.25, -0.2) is 0 Å². The van der Waals surface area contributed by atoms with Crippen LogP contribution >= 0.6 is 47.2 Å². The zero-order valence-corrected chi connectivity index (χ0v) is 18.1. The number of pyridine rings is 1. The van der Waals surface area contributed by atoms with Gasteiger partial charge in [-0.05, 0) is 29.8 Å². The Morgan fingerprint density at radius 1 is 1.12 bits per heavy atom. The van der Waals surface area contributed by atoms with Crippen LogP contribution in [0, 0.1) is 0 Å². The zero-order valence-electron chi connectivity index (χ0n) is 14.3. The molecule has 0 saturated heterocycles. The maximum Gasteiger partial charge on any atom is 0.191 e. The smallest absolute Gasteiger partial charge is 0.191 e. The van der Waals surface area contributed by atoms with Gasteiger partial charge in [-0.2, -0.15) is 0 Å². The van der Waals surface area contributed by atoms with Crippen LogP contribution in [0.1, 0.15) is 24.1 Å². The molecule has 136 valence electrons. The summed E-state index contributed by atoms with van der Waals surface area (Å²) in [5.41, 5.74) is 2.01. The summed E-state index contributed by atoms with van der Waals surface area (Å²) in [7, 11) is 1.75. The van der Waals surface area contributed by atoms with Gasteiger partial charge in [0.05, 0.1) is 0 Å². The van der Waals surface area contributed by atoms with Crippen LogP contribution in [-0.4, -0.2) is 31.1 Å². The lowest BCUT2D eigenvalue weighted by Gasteiger charge is -2.18. The highest BCUT2D eigenvalue weighted by Crippen LogP contribution is 2.30. The number of aliphatic imine (C=N–C) groups is 1.